The summed E-state index contributed by atoms with van der Waals surface area (Å²) < 4.78 is 16.0. The summed E-state index contributed by atoms with van der Waals surface area (Å²) in [6, 6.07) is 5.61. The van der Waals surface area contributed by atoms with Gasteiger partial charge in [-0.25, -0.2) is 4.79 Å². The summed E-state index contributed by atoms with van der Waals surface area (Å²) in [4.78, 5) is 11.7. The Morgan fingerprint density at radius 2 is 2.00 bits per heavy atom. The molecule has 0 aliphatic carbocycles. The molecule has 0 aliphatic heterocycles. The highest BCUT2D eigenvalue weighted by atomic mass is 16.6. The molecule has 0 fully saturated rings. The maximum Gasteiger partial charge on any atom is 0.331 e. The maximum absolute atomic E-state index is 11.7. The minimum absolute atomic E-state index is 0.400. The highest BCUT2D eigenvalue weighted by molar-refractivity contribution is 5.94. The number of hydrogen-bond acceptors (Lipinski definition) is 4. The summed E-state index contributed by atoms with van der Waals surface area (Å²) in [5.74, 6) is 0.246. The van der Waals surface area contributed by atoms with Crippen LogP contribution >= 0.6 is 0 Å². The standard InChI is InChI=1S/C16H18O4/c1-16(2,3)20-14(17)8-6-12-13(18-4)7-5-11-9-10-19-15(11)12/h5-10H,1-4H3/b8-6+. The van der Waals surface area contributed by atoms with Gasteiger partial charge in [-0.15, -0.1) is 0 Å². The van der Waals surface area contributed by atoms with Crippen LogP contribution in [-0.4, -0.2) is 18.7 Å². The second kappa shape index (κ2) is 5.41. The molecule has 0 unspecified atom stereocenters. The van der Waals surface area contributed by atoms with Crippen LogP contribution in [0.1, 0.15) is 26.3 Å². The molecule has 4 nitrogen and oxygen atoms in total. The van der Waals surface area contributed by atoms with Gasteiger partial charge in [-0.1, -0.05) is 0 Å². The zero-order valence-corrected chi connectivity index (χ0v) is 12.1. The largest absolute Gasteiger partial charge is 0.496 e. The summed E-state index contributed by atoms with van der Waals surface area (Å²) in [5, 5.41) is 0.953. The minimum atomic E-state index is -0.512. The first kappa shape index (κ1) is 14.2. The number of furan rings is 1. The first-order valence-corrected chi connectivity index (χ1v) is 6.36. The highest BCUT2D eigenvalue weighted by Gasteiger charge is 2.15. The Labute approximate surface area is 118 Å². The van der Waals surface area contributed by atoms with Crippen molar-refractivity contribution in [3.63, 3.8) is 0 Å². The molecule has 0 spiro atoms. The van der Waals surface area contributed by atoms with Gasteiger partial charge in [0, 0.05) is 11.5 Å². The predicted molar refractivity (Wildman–Crippen MR) is 77.6 cm³/mol. The van der Waals surface area contributed by atoms with Gasteiger partial charge >= 0.3 is 5.97 Å². The lowest BCUT2D eigenvalue weighted by molar-refractivity contribution is -0.148. The molecule has 20 heavy (non-hydrogen) atoms. The molecular formula is C16H18O4. The third-order valence-corrected chi connectivity index (χ3v) is 2.63. The SMILES string of the molecule is COc1ccc2ccoc2c1/C=C/C(=O)OC(C)(C)C. The smallest absolute Gasteiger partial charge is 0.331 e. The van der Waals surface area contributed by atoms with Gasteiger partial charge in [0.25, 0.3) is 0 Å². The Morgan fingerprint density at radius 3 is 2.65 bits per heavy atom. The van der Waals surface area contributed by atoms with E-state index < -0.39 is 11.6 Å². The number of carbonyl (C=O) groups is 1. The molecule has 0 N–H and O–H groups in total. The Kier molecular flexibility index (Phi) is 3.84. The molecule has 2 aromatic rings. The van der Waals surface area contributed by atoms with Gasteiger partial charge in [0.15, 0.2) is 0 Å². The molecule has 106 valence electrons. The fraction of sp³-hybridized carbons (Fsp3) is 0.312. The van der Waals surface area contributed by atoms with E-state index in [1.54, 1.807) is 19.4 Å². The lowest BCUT2D eigenvalue weighted by atomic mass is 10.1. The zero-order valence-electron chi connectivity index (χ0n) is 12.1. The fourth-order valence-electron chi connectivity index (χ4n) is 1.86. The van der Waals surface area contributed by atoms with E-state index in [1.165, 1.54) is 6.08 Å². The maximum atomic E-state index is 11.7. The van der Waals surface area contributed by atoms with Gasteiger partial charge in [-0.05, 0) is 45.0 Å². The van der Waals surface area contributed by atoms with E-state index in [9.17, 15) is 4.79 Å². The van der Waals surface area contributed by atoms with Gasteiger partial charge in [-0.2, -0.15) is 0 Å². The molecule has 0 radical (unpaired) electrons. The van der Waals surface area contributed by atoms with Gasteiger partial charge in [-0.3, -0.25) is 0 Å². The normalized spacial score (nSPS) is 12.0. The molecule has 1 aromatic heterocycles. The quantitative estimate of drug-likeness (QED) is 0.631. The number of benzene rings is 1. The van der Waals surface area contributed by atoms with Crippen LogP contribution in [0.2, 0.25) is 0 Å². The molecule has 4 heteroatoms. The molecule has 0 saturated heterocycles. The van der Waals surface area contributed by atoms with Crippen LogP contribution < -0.4 is 4.74 Å². The number of ether oxygens (including phenoxy) is 2. The van der Waals surface area contributed by atoms with E-state index in [2.05, 4.69) is 0 Å². The number of methoxy groups -OCH3 is 1. The first-order valence-electron chi connectivity index (χ1n) is 6.36. The van der Waals surface area contributed by atoms with Crippen LogP contribution in [0.3, 0.4) is 0 Å². The molecule has 2 rings (SSSR count). The molecule has 0 atom stereocenters. The fourth-order valence-corrected chi connectivity index (χ4v) is 1.86. The predicted octanol–water partition coefficient (Wildman–Crippen LogP) is 3.80. The average Bonchev–Trinajstić information content (AvgIpc) is 2.81. The van der Waals surface area contributed by atoms with Crippen molar-refractivity contribution in [3.8, 4) is 5.75 Å². The number of esters is 1. The van der Waals surface area contributed by atoms with Gasteiger partial charge < -0.3 is 13.9 Å². The van der Waals surface area contributed by atoms with Gasteiger partial charge in [0.05, 0.1) is 18.9 Å². The van der Waals surface area contributed by atoms with E-state index in [-0.39, 0.29) is 0 Å². The van der Waals surface area contributed by atoms with Crippen LogP contribution in [-0.2, 0) is 9.53 Å². The number of fused-ring (bicyclic) bond motifs is 1. The summed E-state index contributed by atoms with van der Waals surface area (Å²) in [7, 11) is 1.58. The summed E-state index contributed by atoms with van der Waals surface area (Å²) in [6.45, 7) is 5.48. The van der Waals surface area contributed by atoms with E-state index in [0.29, 0.717) is 11.3 Å². The molecule has 0 bridgehead atoms. The van der Waals surface area contributed by atoms with Crippen LogP contribution in [0.5, 0.6) is 5.75 Å². The van der Waals surface area contributed by atoms with E-state index >= 15 is 0 Å². The Bertz CT molecular complexity index is 644. The third kappa shape index (κ3) is 3.20. The molecule has 0 saturated carbocycles. The van der Waals surface area contributed by atoms with Crippen LogP contribution in [0.25, 0.3) is 17.0 Å². The third-order valence-electron chi connectivity index (χ3n) is 2.63. The van der Waals surface area contributed by atoms with Crippen LogP contribution in [0.4, 0.5) is 0 Å². The molecular weight excluding hydrogens is 256 g/mol. The molecule has 0 amide bonds. The average molecular weight is 274 g/mol. The van der Waals surface area contributed by atoms with Crippen molar-refractivity contribution in [2.24, 2.45) is 0 Å². The van der Waals surface area contributed by atoms with Crippen LogP contribution in [0, 0.1) is 0 Å². The summed E-state index contributed by atoms with van der Waals surface area (Å²) in [5.41, 5.74) is 0.896. The highest BCUT2D eigenvalue weighted by Crippen LogP contribution is 2.30. The van der Waals surface area contributed by atoms with E-state index in [0.717, 1.165) is 10.9 Å². The summed E-state index contributed by atoms with van der Waals surface area (Å²) in [6.07, 6.45) is 4.64. The molecule has 0 aliphatic rings. The van der Waals surface area contributed by atoms with Gasteiger partial charge in [0.2, 0.25) is 0 Å². The zero-order chi connectivity index (χ0) is 14.8. The van der Waals surface area contributed by atoms with Crippen LogP contribution in [0.15, 0.2) is 35.0 Å². The Balaban J connectivity index is 2.32. The number of rotatable bonds is 3. The van der Waals surface area contributed by atoms with E-state index in [4.69, 9.17) is 13.9 Å². The van der Waals surface area contributed by atoms with Crippen molar-refractivity contribution in [3.05, 3.63) is 36.1 Å². The number of hydrogen-bond donors (Lipinski definition) is 0. The molecule has 1 heterocycles. The van der Waals surface area contributed by atoms with Crippen molar-refractivity contribution in [2.75, 3.05) is 7.11 Å². The lowest BCUT2D eigenvalue weighted by Crippen LogP contribution is -2.22. The van der Waals surface area contributed by atoms with Crippen molar-refractivity contribution < 1.29 is 18.7 Å². The van der Waals surface area contributed by atoms with Crippen molar-refractivity contribution >= 4 is 23.0 Å². The second-order valence-electron chi connectivity index (χ2n) is 5.39. The van der Waals surface area contributed by atoms with Gasteiger partial charge in [0.1, 0.15) is 16.9 Å². The Hall–Kier alpha value is -2.23. The first-order chi connectivity index (χ1) is 9.40. The molecule has 1 aromatic carbocycles. The lowest BCUT2D eigenvalue weighted by Gasteiger charge is -2.17. The van der Waals surface area contributed by atoms with E-state index in [1.807, 2.05) is 39.0 Å². The minimum Gasteiger partial charge on any atom is -0.496 e. The summed E-state index contributed by atoms with van der Waals surface area (Å²) >= 11 is 0. The monoisotopic (exact) mass is 274 g/mol. The second-order valence-corrected chi connectivity index (χ2v) is 5.39. The van der Waals surface area contributed by atoms with Crippen molar-refractivity contribution in [1.82, 2.24) is 0 Å². The topological polar surface area (TPSA) is 48.7 Å². The van der Waals surface area contributed by atoms with Crippen molar-refractivity contribution in [1.29, 1.82) is 0 Å². The van der Waals surface area contributed by atoms with Crippen molar-refractivity contribution in [2.45, 2.75) is 26.4 Å². The Morgan fingerprint density at radius 1 is 1.25 bits per heavy atom. The number of carbonyl (C=O) groups excluding carboxylic acids is 1.